The molecule has 176 valence electrons. The molecule has 9 heteroatoms. The van der Waals surface area contributed by atoms with Crippen LogP contribution in [0, 0.1) is 5.92 Å². The predicted octanol–water partition coefficient (Wildman–Crippen LogP) is 2.79. The number of methoxy groups -OCH3 is 2. The second-order valence-corrected chi connectivity index (χ2v) is 9.11. The van der Waals surface area contributed by atoms with E-state index in [-0.39, 0.29) is 29.9 Å². The molecule has 0 spiro atoms. The van der Waals surface area contributed by atoms with Gasteiger partial charge in [0.05, 0.1) is 20.8 Å². The number of esters is 1. The average Bonchev–Trinajstić information content (AvgIpc) is 3.24. The molecule has 2 aromatic rings. The van der Waals surface area contributed by atoms with Crippen molar-refractivity contribution in [1.29, 1.82) is 0 Å². The van der Waals surface area contributed by atoms with E-state index < -0.39 is 17.4 Å². The molecule has 1 atom stereocenters. The summed E-state index contributed by atoms with van der Waals surface area (Å²) < 4.78 is 11.4. The minimum atomic E-state index is -1.25. The summed E-state index contributed by atoms with van der Waals surface area (Å²) >= 11 is 0. The molecule has 2 amide bonds. The lowest BCUT2D eigenvalue weighted by molar-refractivity contribution is -0.127. The van der Waals surface area contributed by atoms with Crippen LogP contribution in [0.4, 0.5) is 5.69 Å². The molecule has 1 fully saturated rings. The molecule has 0 radical (unpaired) electrons. The smallest absolute Gasteiger partial charge is 0.358 e. The monoisotopic (exact) mass is 454 g/mol. The maximum absolute atomic E-state index is 13.7. The highest BCUT2D eigenvalue weighted by atomic mass is 16.5. The highest BCUT2D eigenvalue weighted by Crippen LogP contribution is 2.34. The van der Waals surface area contributed by atoms with E-state index in [1.54, 1.807) is 38.3 Å². The molecule has 0 saturated heterocycles. The van der Waals surface area contributed by atoms with Gasteiger partial charge in [0.15, 0.2) is 5.69 Å². The highest BCUT2D eigenvalue weighted by Gasteiger charge is 2.49. The molecule has 1 N–H and O–H groups in total. The van der Waals surface area contributed by atoms with E-state index in [1.165, 1.54) is 22.8 Å². The minimum absolute atomic E-state index is 0.0291. The van der Waals surface area contributed by atoms with Crippen molar-refractivity contribution in [3.8, 4) is 5.75 Å². The van der Waals surface area contributed by atoms with Gasteiger partial charge in [-0.15, -0.1) is 0 Å². The van der Waals surface area contributed by atoms with Gasteiger partial charge in [-0.05, 0) is 62.8 Å². The van der Waals surface area contributed by atoms with Crippen LogP contribution < -0.4 is 15.0 Å². The number of ether oxygens (including phenoxy) is 2. The Balaban J connectivity index is 1.72. The first-order chi connectivity index (χ1) is 15.8. The first-order valence-electron chi connectivity index (χ1n) is 11.2. The molecule has 1 aromatic carbocycles. The molecule has 2 heterocycles. The second-order valence-electron chi connectivity index (χ2n) is 9.11. The Bertz CT molecular complexity index is 1060. The van der Waals surface area contributed by atoms with Crippen molar-refractivity contribution in [3.63, 3.8) is 0 Å². The van der Waals surface area contributed by atoms with Crippen LogP contribution in [0.5, 0.6) is 5.75 Å². The number of amides is 2. The van der Waals surface area contributed by atoms with Gasteiger partial charge in [0.2, 0.25) is 5.91 Å². The Kier molecular flexibility index (Phi) is 6.14. The summed E-state index contributed by atoms with van der Waals surface area (Å²) in [5.74, 6) is 0.00651. The summed E-state index contributed by atoms with van der Waals surface area (Å²) in [7, 11) is 2.82. The van der Waals surface area contributed by atoms with E-state index in [4.69, 9.17) is 9.47 Å². The van der Waals surface area contributed by atoms with Gasteiger partial charge in [0.25, 0.3) is 5.91 Å². The van der Waals surface area contributed by atoms with Crippen molar-refractivity contribution in [2.45, 2.75) is 57.7 Å². The fraction of sp³-hybridized carbons (Fsp3) is 0.500. The maximum atomic E-state index is 13.7. The van der Waals surface area contributed by atoms with Crippen LogP contribution in [0.2, 0.25) is 0 Å². The Hall–Kier alpha value is -3.36. The zero-order chi connectivity index (χ0) is 23.8. The van der Waals surface area contributed by atoms with E-state index >= 15 is 0 Å². The summed E-state index contributed by atoms with van der Waals surface area (Å²) in [6, 6.07) is 8.47. The lowest BCUT2D eigenvalue weighted by Gasteiger charge is -2.44. The molecule has 1 aliphatic carbocycles. The first-order valence-corrected chi connectivity index (χ1v) is 11.2. The van der Waals surface area contributed by atoms with Crippen LogP contribution in [0.25, 0.3) is 0 Å². The van der Waals surface area contributed by atoms with Crippen LogP contribution in [-0.4, -0.2) is 53.4 Å². The van der Waals surface area contributed by atoms with Gasteiger partial charge in [-0.3, -0.25) is 19.2 Å². The summed E-state index contributed by atoms with van der Waals surface area (Å²) in [6.45, 7) is 4.06. The number of rotatable bonds is 5. The summed E-state index contributed by atoms with van der Waals surface area (Å²) in [6.07, 6.45) is 3.96. The Morgan fingerprint density at radius 3 is 2.39 bits per heavy atom. The van der Waals surface area contributed by atoms with Crippen molar-refractivity contribution in [3.05, 3.63) is 41.7 Å². The molecule has 1 aromatic heterocycles. The molecule has 33 heavy (non-hydrogen) atoms. The van der Waals surface area contributed by atoms with Gasteiger partial charge in [-0.2, -0.15) is 5.10 Å². The molecular formula is C24H30N4O5. The quantitative estimate of drug-likeness (QED) is 0.697. The number of nitrogens with one attached hydrogen (secondary N) is 1. The van der Waals surface area contributed by atoms with Gasteiger partial charge in [0.1, 0.15) is 17.0 Å². The zero-order valence-corrected chi connectivity index (χ0v) is 19.5. The van der Waals surface area contributed by atoms with E-state index in [0.29, 0.717) is 17.4 Å². The average molecular weight is 455 g/mol. The number of nitrogens with zero attached hydrogens (tertiary/aromatic N) is 3. The highest BCUT2D eigenvalue weighted by molar-refractivity contribution is 6.12. The molecule has 4 rings (SSSR count). The number of carbonyl (C=O) groups is 3. The molecule has 0 bridgehead atoms. The molecule has 1 saturated carbocycles. The third kappa shape index (κ3) is 4.19. The van der Waals surface area contributed by atoms with Crippen LogP contribution in [0.1, 0.15) is 60.5 Å². The van der Waals surface area contributed by atoms with Crippen LogP contribution >= 0.6 is 0 Å². The fourth-order valence-electron chi connectivity index (χ4n) is 4.67. The number of fused-ring (bicyclic) bond motifs is 1. The van der Waals surface area contributed by atoms with Gasteiger partial charge in [-0.25, -0.2) is 4.79 Å². The van der Waals surface area contributed by atoms with Crippen molar-refractivity contribution >= 4 is 23.5 Å². The third-order valence-electron chi connectivity index (χ3n) is 6.72. The van der Waals surface area contributed by atoms with Crippen molar-refractivity contribution in [2.75, 3.05) is 19.1 Å². The number of aromatic nitrogens is 2. The summed E-state index contributed by atoms with van der Waals surface area (Å²) in [5, 5.41) is 7.43. The van der Waals surface area contributed by atoms with Gasteiger partial charge in [-0.1, -0.05) is 6.92 Å². The molecular weight excluding hydrogens is 424 g/mol. The minimum Gasteiger partial charge on any atom is -0.497 e. The lowest BCUT2D eigenvalue weighted by Crippen LogP contribution is -2.65. The predicted molar refractivity (Wildman–Crippen MR) is 121 cm³/mol. The molecule has 9 nitrogen and oxygen atoms in total. The zero-order valence-electron chi connectivity index (χ0n) is 19.5. The van der Waals surface area contributed by atoms with E-state index in [9.17, 15) is 14.4 Å². The molecule has 2 aliphatic rings. The SMILES string of the molecule is COC(=O)c1cc2n(n1)C[C@](C)(C(=O)NC1CCC(C)CC1)N(c1ccc(OC)cc1)C2=O. The number of hydrogen-bond acceptors (Lipinski definition) is 6. The van der Waals surface area contributed by atoms with E-state index in [2.05, 4.69) is 17.3 Å². The van der Waals surface area contributed by atoms with Crippen LogP contribution in [-0.2, 0) is 16.1 Å². The summed E-state index contributed by atoms with van der Waals surface area (Å²) in [4.78, 5) is 40.8. The normalized spacial score (nSPS) is 24.7. The molecule has 0 unspecified atom stereocenters. The standard InChI is InChI=1S/C24H30N4O5/c1-15-5-7-16(8-6-15)25-23(31)24(2)14-27-20(13-19(26-27)22(30)33-4)21(29)28(24)17-9-11-18(32-3)12-10-17/h9-13,15-16H,5-8,14H2,1-4H3,(H,25,31)/t15?,16?,24-/m1/s1. The van der Waals surface area contributed by atoms with Crippen LogP contribution in [0.15, 0.2) is 30.3 Å². The number of carbonyl (C=O) groups excluding carboxylic acids is 3. The van der Waals surface area contributed by atoms with Crippen molar-refractivity contribution in [1.82, 2.24) is 15.1 Å². The lowest BCUT2D eigenvalue weighted by atomic mass is 9.86. The Morgan fingerprint density at radius 2 is 1.79 bits per heavy atom. The molecule has 1 aliphatic heterocycles. The second kappa shape index (κ2) is 8.88. The van der Waals surface area contributed by atoms with Crippen molar-refractivity contribution < 1.29 is 23.9 Å². The fourth-order valence-corrected chi connectivity index (χ4v) is 4.67. The third-order valence-corrected chi connectivity index (χ3v) is 6.72. The topological polar surface area (TPSA) is 103 Å². The Labute approximate surface area is 193 Å². The largest absolute Gasteiger partial charge is 0.497 e. The Morgan fingerprint density at radius 1 is 1.12 bits per heavy atom. The number of anilines is 1. The van der Waals surface area contributed by atoms with Gasteiger partial charge < -0.3 is 14.8 Å². The van der Waals surface area contributed by atoms with Gasteiger partial charge in [0, 0.05) is 17.8 Å². The maximum Gasteiger partial charge on any atom is 0.358 e. The van der Waals surface area contributed by atoms with Crippen LogP contribution in [0.3, 0.4) is 0 Å². The van der Waals surface area contributed by atoms with E-state index in [1.807, 2.05) is 0 Å². The first kappa shape index (κ1) is 22.8. The number of hydrogen-bond donors (Lipinski definition) is 1. The number of benzene rings is 1. The van der Waals surface area contributed by atoms with Crippen molar-refractivity contribution in [2.24, 2.45) is 5.92 Å². The van der Waals surface area contributed by atoms with Gasteiger partial charge >= 0.3 is 5.97 Å². The van der Waals surface area contributed by atoms with E-state index in [0.717, 1.165) is 25.7 Å². The summed E-state index contributed by atoms with van der Waals surface area (Å²) in [5.41, 5.74) is -0.437.